The van der Waals surface area contributed by atoms with Crippen molar-refractivity contribution in [1.82, 2.24) is 10.2 Å². The number of amides is 2. The third-order valence-corrected chi connectivity index (χ3v) is 12.4. The highest BCUT2D eigenvalue weighted by Gasteiger charge is 2.51. The van der Waals surface area contributed by atoms with Crippen molar-refractivity contribution >= 4 is 50.7 Å². The predicted molar refractivity (Wildman–Crippen MR) is 193 cm³/mol. The molecule has 4 fully saturated rings. The minimum Gasteiger partial charge on any atom is -0.354 e. The topological polar surface area (TPSA) is 86.8 Å². The number of halogens is 2. The fourth-order valence-electron chi connectivity index (χ4n) is 8.81. The van der Waals surface area contributed by atoms with E-state index in [2.05, 4.69) is 17.4 Å². The summed E-state index contributed by atoms with van der Waals surface area (Å²) in [5, 5.41) is 3.76. The van der Waals surface area contributed by atoms with Gasteiger partial charge in [0.05, 0.1) is 11.9 Å². The van der Waals surface area contributed by atoms with Gasteiger partial charge in [0.15, 0.2) is 0 Å². The Labute approximate surface area is 295 Å². The van der Waals surface area contributed by atoms with Crippen LogP contribution >= 0.6 is 23.2 Å². The summed E-state index contributed by atoms with van der Waals surface area (Å²) in [5.41, 5.74) is 3.35. The molecule has 1 atom stereocenters. The summed E-state index contributed by atoms with van der Waals surface area (Å²) in [6.45, 7) is 1.93. The highest BCUT2D eigenvalue weighted by Crippen LogP contribution is 2.60. The van der Waals surface area contributed by atoms with E-state index >= 15 is 0 Å². The molecule has 4 saturated carbocycles. The first-order valence-electron chi connectivity index (χ1n) is 17.1. The molecule has 0 spiro atoms. The van der Waals surface area contributed by atoms with Crippen LogP contribution in [0.1, 0.15) is 68.6 Å². The molecule has 0 unspecified atom stereocenters. The van der Waals surface area contributed by atoms with Crippen molar-refractivity contribution in [3.05, 3.63) is 99.5 Å². The predicted octanol–water partition coefficient (Wildman–Crippen LogP) is 7.39. The first-order valence-corrected chi connectivity index (χ1v) is 19.7. The molecule has 0 aromatic heterocycles. The van der Waals surface area contributed by atoms with Crippen LogP contribution in [0.4, 0.5) is 5.69 Å². The maximum Gasteiger partial charge on any atom is 0.244 e. The molecular weight excluding hydrogens is 665 g/mol. The average Bonchev–Trinajstić information content (AvgIpc) is 3.04. The van der Waals surface area contributed by atoms with Crippen LogP contribution in [0, 0.1) is 17.8 Å². The summed E-state index contributed by atoms with van der Waals surface area (Å²) >= 11 is 12.8. The van der Waals surface area contributed by atoms with Gasteiger partial charge in [-0.1, -0.05) is 78.7 Å². The highest BCUT2D eigenvalue weighted by atomic mass is 35.5. The molecule has 0 heterocycles. The Hall–Kier alpha value is -3.07. The Kier molecular flexibility index (Phi) is 10.4. The zero-order valence-corrected chi connectivity index (χ0v) is 30.0. The Morgan fingerprint density at radius 3 is 2.10 bits per heavy atom. The monoisotopic (exact) mass is 709 g/mol. The van der Waals surface area contributed by atoms with Crippen molar-refractivity contribution in [2.24, 2.45) is 17.8 Å². The smallest absolute Gasteiger partial charge is 0.244 e. The van der Waals surface area contributed by atoms with E-state index in [-0.39, 0.29) is 24.3 Å². The third-order valence-electron chi connectivity index (χ3n) is 10.7. The molecule has 4 aliphatic rings. The summed E-state index contributed by atoms with van der Waals surface area (Å²) < 4.78 is 27.8. The minimum atomic E-state index is -3.87. The van der Waals surface area contributed by atoms with Gasteiger partial charge < -0.3 is 10.2 Å². The van der Waals surface area contributed by atoms with Crippen LogP contribution in [-0.4, -0.2) is 50.5 Å². The SMILES string of the molecule is CCCNC(=O)[C@H](Cc1ccccc1)N(Cc1ccc(Cl)cc1Cl)C(=O)CN(c1ccc(C23CC4CC(CC(C4)C2)C3)cc1)S(C)(=O)=O. The number of hydrogen-bond donors (Lipinski definition) is 1. The molecule has 256 valence electrons. The molecule has 4 aliphatic carbocycles. The van der Waals surface area contributed by atoms with Gasteiger partial charge in [-0.3, -0.25) is 13.9 Å². The Bertz CT molecular complexity index is 1700. The van der Waals surface area contributed by atoms with Gasteiger partial charge in [0.2, 0.25) is 21.8 Å². The molecule has 0 aliphatic heterocycles. The van der Waals surface area contributed by atoms with Gasteiger partial charge in [-0.15, -0.1) is 0 Å². The van der Waals surface area contributed by atoms with E-state index in [4.69, 9.17) is 23.2 Å². The van der Waals surface area contributed by atoms with E-state index in [1.165, 1.54) is 49.0 Å². The standard InChI is InChI=1S/C38H45Cl2N3O4S/c1-3-15-41-37(45)35(19-26-7-5-4-6-8-26)42(24-30-9-12-32(39)20-34(30)40)36(44)25-43(48(2,46)47)33-13-10-31(11-14-33)38-21-27-16-28(22-38)18-29(17-27)23-38/h4-14,20,27-29,35H,3,15-19,21-25H2,1-2H3,(H,41,45)/t27?,28?,29?,35-,38?/m0/s1. The average molecular weight is 711 g/mol. The van der Waals surface area contributed by atoms with E-state index in [0.717, 1.165) is 40.3 Å². The van der Waals surface area contributed by atoms with Gasteiger partial charge in [0.25, 0.3) is 0 Å². The van der Waals surface area contributed by atoms with Crippen molar-refractivity contribution in [3.8, 4) is 0 Å². The summed E-state index contributed by atoms with van der Waals surface area (Å²) in [6.07, 6.45) is 9.74. The number of carbonyl (C=O) groups excluding carboxylic acids is 2. The number of anilines is 1. The number of carbonyl (C=O) groups is 2. The van der Waals surface area contributed by atoms with Crippen LogP contribution in [-0.2, 0) is 38.0 Å². The molecule has 2 amide bonds. The van der Waals surface area contributed by atoms with Gasteiger partial charge in [0.1, 0.15) is 12.6 Å². The van der Waals surface area contributed by atoms with Gasteiger partial charge in [-0.2, -0.15) is 0 Å². The lowest BCUT2D eigenvalue weighted by atomic mass is 9.48. The van der Waals surface area contributed by atoms with Crippen LogP contribution in [0.2, 0.25) is 10.0 Å². The van der Waals surface area contributed by atoms with Crippen LogP contribution in [0.3, 0.4) is 0 Å². The maximum absolute atomic E-state index is 14.4. The molecule has 3 aromatic carbocycles. The molecule has 0 radical (unpaired) electrons. The van der Waals surface area contributed by atoms with Crippen molar-refractivity contribution in [2.75, 3.05) is 23.7 Å². The molecule has 10 heteroatoms. The lowest BCUT2D eigenvalue weighted by Crippen LogP contribution is -2.53. The second-order valence-electron chi connectivity index (χ2n) is 14.3. The van der Waals surface area contributed by atoms with E-state index in [1.54, 1.807) is 18.2 Å². The summed E-state index contributed by atoms with van der Waals surface area (Å²) in [7, 11) is -3.87. The third kappa shape index (κ3) is 7.71. The van der Waals surface area contributed by atoms with Crippen molar-refractivity contribution in [2.45, 2.75) is 76.3 Å². The van der Waals surface area contributed by atoms with Gasteiger partial charge >= 0.3 is 0 Å². The van der Waals surface area contributed by atoms with Gasteiger partial charge in [-0.25, -0.2) is 8.42 Å². The Morgan fingerprint density at radius 2 is 1.54 bits per heavy atom. The van der Waals surface area contributed by atoms with Crippen LogP contribution < -0.4 is 9.62 Å². The zero-order valence-electron chi connectivity index (χ0n) is 27.7. The summed E-state index contributed by atoms with van der Waals surface area (Å²) in [5.74, 6) is 1.55. The summed E-state index contributed by atoms with van der Waals surface area (Å²) in [4.78, 5) is 29.6. The fourth-order valence-corrected chi connectivity index (χ4v) is 10.1. The second-order valence-corrected chi connectivity index (χ2v) is 17.0. The number of nitrogens with one attached hydrogen (secondary N) is 1. The maximum atomic E-state index is 14.4. The van der Waals surface area contributed by atoms with E-state index in [9.17, 15) is 18.0 Å². The normalized spacial score (nSPS) is 23.5. The largest absolute Gasteiger partial charge is 0.354 e. The molecular formula is C38H45Cl2N3O4S. The minimum absolute atomic E-state index is 0.00552. The first kappa shape index (κ1) is 34.8. The molecule has 7 nitrogen and oxygen atoms in total. The van der Waals surface area contributed by atoms with Crippen LogP contribution in [0.25, 0.3) is 0 Å². The zero-order chi connectivity index (χ0) is 34.1. The number of benzene rings is 3. The van der Waals surface area contributed by atoms with Crippen molar-refractivity contribution in [1.29, 1.82) is 0 Å². The number of rotatable bonds is 13. The second kappa shape index (κ2) is 14.4. The van der Waals surface area contributed by atoms with Gasteiger partial charge in [0, 0.05) is 29.6 Å². The number of hydrogen-bond acceptors (Lipinski definition) is 4. The molecule has 48 heavy (non-hydrogen) atoms. The van der Waals surface area contributed by atoms with E-state index in [1.807, 2.05) is 49.4 Å². The summed E-state index contributed by atoms with van der Waals surface area (Å²) in [6, 6.07) is 21.4. The molecule has 7 rings (SSSR count). The van der Waals surface area contributed by atoms with E-state index in [0.29, 0.717) is 27.8 Å². The number of nitrogens with zero attached hydrogens (tertiary/aromatic N) is 2. The lowest BCUT2D eigenvalue weighted by molar-refractivity contribution is -0.140. The fraction of sp³-hybridized carbons (Fsp3) is 0.474. The molecule has 1 N–H and O–H groups in total. The van der Waals surface area contributed by atoms with Gasteiger partial charge in [-0.05, 0) is 109 Å². The quantitative estimate of drug-likeness (QED) is 0.201. The van der Waals surface area contributed by atoms with Crippen molar-refractivity contribution < 1.29 is 18.0 Å². The van der Waals surface area contributed by atoms with Crippen LogP contribution in [0.15, 0.2) is 72.8 Å². The first-order chi connectivity index (χ1) is 22.9. The molecule has 0 saturated heterocycles. The Balaban J connectivity index is 1.31. The Morgan fingerprint density at radius 1 is 0.917 bits per heavy atom. The lowest BCUT2D eigenvalue weighted by Gasteiger charge is -2.57. The van der Waals surface area contributed by atoms with E-state index < -0.39 is 28.5 Å². The molecule has 3 aromatic rings. The molecule has 4 bridgehead atoms. The van der Waals surface area contributed by atoms with Crippen LogP contribution in [0.5, 0.6) is 0 Å². The number of sulfonamides is 1. The van der Waals surface area contributed by atoms with Crippen molar-refractivity contribution in [3.63, 3.8) is 0 Å². The highest BCUT2D eigenvalue weighted by molar-refractivity contribution is 7.92.